The second kappa shape index (κ2) is 6.39. The summed E-state index contributed by atoms with van der Waals surface area (Å²) in [6.07, 6.45) is 6.17. The van der Waals surface area contributed by atoms with E-state index in [4.69, 9.17) is 0 Å². The number of carbonyl (C=O) groups is 1. The number of carbonyl (C=O) groups excluding carboxylic acids is 1. The molecule has 2 rings (SSSR count). The Hall–Kier alpha value is -1.36. The summed E-state index contributed by atoms with van der Waals surface area (Å²) in [5.41, 5.74) is 1.16. The lowest BCUT2D eigenvalue weighted by Crippen LogP contribution is -2.48. The van der Waals surface area contributed by atoms with Crippen molar-refractivity contribution in [1.29, 1.82) is 0 Å². The Bertz CT molecular complexity index is 450. The molecule has 1 aromatic heterocycles. The van der Waals surface area contributed by atoms with Crippen molar-refractivity contribution in [3.63, 3.8) is 0 Å². The zero-order valence-corrected chi connectivity index (χ0v) is 13.0. The summed E-state index contributed by atoms with van der Waals surface area (Å²) >= 11 is 0. The number of likely N-dealkylation sites (tertiary alicyclic amines) is 1. The number of rotatable bonds is 5. The molecule has 0 unspecified atom stereocenters. The van der Waals surface area contributed by atoms with E-state index in [0.717, 1.165) is 31.5 Å². The molecule has 0 aromatic carbocycles. The van der Waals surface area contributed by atoms with Gasteiger partial charge in [-0.1, -0.05) is 0 Å². The molecular formula is C15H26N4O. The molecule has 3 atom stereocenters. The van der Waals surface area contributed by atoms with E-state index in [1.165, 1.54) is 0 Å². The van der Waals surface area contributed by atoms with Crippen molar-refractivity contribution in [2.24, 2.45) is 0 Å². The van der Waals surface area contributed by atoms with Gasteiger partial charge in [0.15, 0.2) is 0 Å². The molecule has 5 heteroatoms. The van der Waals surface area contributed by atoms with Gasteiger partial charge in [0, 0.05) is 25.3 Å². The van der Waals surface area contributed by atoms with Crippen LogP contribution >= 0.6 is 0 Å². The smallest absolute Gasteiger partial charge is 0.239 e. The van der Waals surface area contributed by atoms with E-state index < -0.39 is 0 Å². The lowest BCUT2D eigenvalue weighted by atomic mass is 10.1. The van der Waals surface area contributed by atoms with Gasteiger partial charge in [0.25, 0.3) is 0 Å². The lowest BCUT2D eigenvalue weighted by molar-refractivity contribution is -0.132. The summed E-state index contributed by atoms with van der Waals surface area (Å²) in [5, 5.41) is 7.76. The number of aromatic nitrogens is 2. The highest BCUT2D eigenvalue weighted by Crippen LogP contribution is 2.13. The Kier molecular flexibility index (Phi) is 4.81. The average molecular weight is 278 g/mol. The number of nitrogens with one attached hydrogen (secondary N) is 1. The van der Waals surface area contributed by atoms with Crippen LogP contribution in [0.2, 0.25) is 0 Å². The van der Waals surface area contributed by atoms with Crippen LogP contribution in [0.1, 0.15) is 45.2 Å². The van der Waals surface area contributed by atoms with Gasteiger partial charge in [-0.25, -0.2) is 0 Å². The summed E-state index contributed by atoms with van der Waals surface area (Å²) in [7, 11) is 0. The zero-order chi connectivity index (χ0) is 14.7. The fourth-order valence-corrected chi connectivity index (χ4v) is 2.70. The lowest BCUT2D eigenvalue weighted by Gasteiger charge is -2.27. The molecule has 1 aromatic rings. The van der Waals surface area contributed by atoms with Crippen molar-refractivity contribution in [3.05, 3.63) is 18.0 Å². The minimum absolute atomic E-state index is 0.137. The standard InChI is InChI=1S/C15H26N4O/c1-11-9-16-19(10-11)14(4)12(2)17-13(3)15(20)18-7-5-6-8-18/h9-10,12-14,17H,5-8H2,1-4H3/t12-,13+,14+/m0/s1. The highest BCUT2D eigenvalue weighted by atomic mass is 16.2. The molecule has 0 bridgehead atoms. The second-order valence-corrected chi connectivity index (χ2v) is 5.95. The molecule has 1 aliphatic rings. The minimum Gasteiger partial charge on any atom is -0.341 e. The normalized spacial score (nSPS) is 19.9. The molecule has 1 fully saturated rings. The van der Waals surface area contributed by atoms with Gasteiger partial charge in [-0.2, -0.15) is 5.10 Å². The van der Waals surface area contributed by atoms with Crippen LogP contribution in [0.3, 0.4) is 0 Å². The molecular weight excluding hydrogens is 252 g/mol. The van der Waals surface area contributed by atoms with Gasteiger partial charge >= 0.3 is 0 Å². The van der Waals surface area contributed by atoms with Gasteiger partial charge < -0.3 is 10.2 Å². The van der Waals surface area contributed by atoms with E-state index >= 15 is 0 Å². The molecule has 5 nitrogen and oxygen atoms in total. The van der Waals surface area contributed by atoms with Gasteiger partial charge in [-0.05, 0) is 46.1 Å². The van der Waals surface area contributed by atoms with Crippen molar-refractivity contribution in [3.8, 4) is 0 Å². The van der Waals surface area contributed by atoms with E-state index in [1.807, 2.05) is 35.8 Å². The Labute approximate surface area is 121 Å². The van der Waals surface area contributed by atoms with E-state index in [0.29, 0.717) is 0 Å². The topological polar surface area (TPSA) is 50.2 Å². The first-order valence-electron chi connectivity index (χ1n) is 7.54. The Morgan fingerprint density at radius 1 is 1.30 bits per heavy atom. The molecule has 1 N–H and O–H groups in total. The first kappa shape index (κ1) is 15.0. The monoisotopic (exact) mass is 278 g/mol. The summed E-state index contributed by atoms with van der Waals surface area (Å²) in [6.45, 7) is 10.0. The maximum atomic E-state index is 12.3. The highest BCUT2D eigenvalue weighted by molar-refractivity contribution is 5.81. The predicted octanol–water partition coefficient (Wildman–Crippen LogP) is 1.74. The molecule has 1 saturated heterocycles. The molecule has 0 spiro atoms. The first-order valence-corrected chi connectivity index (χ1v) is 7.54. The summed E-state index contributed by atoms with van der Waals surface area (Å²) in [6, 6.07) is 0.274. The molecule has 112 valence electrons. The van der Waals surface area contributed by atoms with Crippen LogP contribution in [0, 0.1) is 6.92 Å². The maximum Gasteiger partial charge on any atom is 0.239 e. The summed E-state index contributed by atoms with van der Waals surface area (Å²) in [4.78, 5) is 14.3. The third kappa shape index (κ3) is 3.39. The molecule has 20 heavy (non-hydrogen) atoms. The van der Waals surface area contributed by atoms with E-state index in [-0.39, 0.29) is 24.0 Å². The molecule has 1 aliphatic heterocycles. The Morgan fingerprint density at radius 3 is 2.50 bits per heavy atom. The number of nitrogens with zero attached hydrogens (tertiary/aromatic N) is 3. The molecule has 0 saturated carbocycles. The Morgan fingerprint density at radius 2 is 1.95 bits per heavy atom. The van der Waals surface area contributed by atoms with E-state index in [1.54, 1.807) is 0 Å². The van der Waals surface area contributed by atoms with Crippen LogP contribution in [0.15, 0.2) is 12.4 Å². The van der Waals surface area contributed by atoms with Crippen LogP contribution in [-0.2, 0) is 4.79 Å². The SMILES string of the molecule is Cc1cnn([C@H](C)[C@H](C)N[C@H](C)C(=O)N2CCCC2)c1. The fraction of sp³-hybridized carbons (Fsp3) is 0.733. The molecule has 0 radical (unpaired) electrons. The number of amides is 1. The van der Waals surface area contributed by atoms with Crippen molar-refractivity contribution in [2.45, 2.75) is 58.7 Å². The van der Waals surface area contributed by atoms with Crippen molar-refractivity contribution < 1.29 is 4.79 Å². The fourth-order valence-electron chi connectivity index (χ4n) is 2.70. The van der Waals surface area contributed by atoms with Crippen LogP contribution < -0.4 is 5.32 Å². The van der Waals surface area contributed by atoms with Crippen LogP contribution in [0.4, 0.5) is 0 Å². The number of hydrogen-bond donors (Lipinski definition) is 1. The predicted molar refractivity (Wildman–Crippen MR) is 79.5 cm³/mol. The quantitative estimate of drug-likeness (QED) is 0.892. The van der Waals surface area contributed by atoms with E-state index in [2.05, 4.69) is 24.3 Å². The number of hydrogen-bond acceptors (Lipinski definition) is 3. The third-order valence-electron chi connectivity index (χ3n) is 4.17. The van der Waals surface area contributed by atoms with Crippen LogP contribution in [0.25, 0.3) is 0 Å². The van der Waals surface area contributed by atoms with Crippen molar-refractivity contribution in [2.75, 3.05) is 13.1 Å². The largest absolute Gasteiger partial charge is 0.341 e. The van der Waals surface area contributed by atoms with Gasteiger partial charge in [-0.3, -0.25) is 9.48 Å². The highest BCUT2D eigenvalue weighted by Gasteiger charge is 2.25. The minimum atomic E-state index is -0.137. The van der Waals surface area contributed by atoms with Crippen molar-refractivity contribution >= 4 is 5.91 Å². The summed E-state index contributed by atoms with van der Waals surface area (Å²) in [5.74, 6) is 0.221. The third-order valence-corrected chi connectivity index (χ3v) is 4.17. The van der Waals surface area contributed by atoms with E-state index in [9.17, 15) is 4.79 Å². The maximum absolute atomic E-state index is 12.3. The van der Waals surface area contributed by atoms with Crippen LogP contribution in [-0.4, -0.2) is 45.8 Å². The second-order valence-electron chi connectivity index (χ2n) is 5.95. The Balaban J connectivity index is 1.89. The van der Waals surface area contributed by atoms with Gasteiger partial charge in [-0.15, -0.1) is 0 Å². The molecule has 1 amide bonds. The van der Waals surface area contributed by atoms with Gasteiger partial charge in [0.1, 0.15) is 0 Å². The van der Waals surface area contributed by atoms with Gasteiger partial charge in [0.05, 0.1) is 18.3 Å². The molecule has 2 heterocycles. The van der Waals surface area contributed by atoms with Crippen LogP contribution in [0.5, 0.6) is 0 Å². The van der Waals surface area contributed by atoms with Gasteiger partial charge in [0.2, 0.25) is 5.91 Å². The zero-order valence-electron chi connectivity index (χ0n) is 13.0. The summed E-state index contributed by atoms with van der Waals surface area (Å²) < 4.78 is 1.96. The first-order chi connectivity index (χ1) is 9.49. The average Bonchev–Trinajstić information content (AvgIpc) is 3.07. The van der Waals surface area contributed by atoms with Crippen molar-refractivity contribution in [1.82, 2.24) is 20.0 Å². The molecule has 0 aliphatic carbocycles. The number of aryl methyl sites for hydroxylation is 1.